The summed E-state index contributed by atoms with van der Waals surface area (Å²) in [6, 6.07) is 4.55. The number of carbonyl (C=O) groups excluding carboxylic acids is 1. The molecule has 2 aromatic heterocycles. The molecule has 1 aromatic carbocycles. The predicted octanol–water partition coefficient (Wildman–Crippen LogP) is 4.54. The molecule has 11 heteroatoms. The van der Waals surface area contributed by atoms with Gasteiger partial charge in [-0.3, -0.25) is 9.36 Å². The maximum atomic E-state index is 14.6. The van der Waals surface area contributed by atoms with Gasteiger partial charge in [0.05, 0.1) is 23.0 Å². The van der Waals surface area contributed by atoms with Crippen molar-refractivity contribution in [1.29, 1.82) is 0 Å². The van der Waals surface area contributed by atoms with Crippen molar-refractivity contribution < 1.29 is 14.3 Å². The summed E-state index contributed by atoms with van der Waals surface area (Å²) in [5, 5.41) is 17.0. The molecule has 5 rings (SSSR count). The SMILES string of the molecule is C[C@@H]1CCC(Nc2ncc3nc(Nc4c(F)cccc4Cl)n(C4CCC(C(N)=O)CC4)c3n2)C[C@H]1O. The largest absolute Gasteiger partial charge is 0.393 e. The van der Waals surface area contributed by atoms with Crippen molar-refractivity contribution in [3.8, 4) is 0 Å². The first-order chi connectivity index (χ1) is 17.3. The highest BCUT2D eigenvalue weighted by atomic mass is 35.5. The van der Waals surface area contributed by atoms with Crippen LogP contribution in [0.15, 0.2) is 24.4 Å². The van der Waals surface area contributed by atoms with E-state index in [4.69, 9.17) is 22.3 Å². The zero-order chi connectivity index (χ0) is 25.4. The number of aliphatic hydroxyl groups excluding tert-OH is 1. The van der Waals surface area contributed by atoms with Gasteiger partial charge in [-0.25, -0.2) is 14.4 Å². The van der Waals surface area contributed by atoms with Crippen molar-refractivity contribution in [2.24, 2.45) is 17.6 Å². The quantitative estimate of drug-likeness (QED) is 0.379. The second-order valence-electron chi connectivity index (χ2n) is 10.0. The van der Waals surface area contributed by atoms with Crippen LogP contribution in [-0.4, -0.2) is 42.7 Å². The zero-order valence-electron chi connectivity index (χ0n) is 20.1. The molecule has 0 bridgehead atoms. The number of fused-ring (bicyclic) bond motifs is 1. The molecule has 2 heterocycles. The summed E-state index contributed by atoms with van der Waals surface area (Å²) in [6.45, 7) is 2.06. The standard InChI is InChI=1S/C25H31ClFN7O2/c1-13-5-8-15(11-20(13)35)30-24-29-12-19-23(33-24)34(16-9-6-14(7-10-16)22(28)36)25(31-19)32-21-17(26)3-2-4-18(21)27/h2-4,12-16,20,35H,5-11H2,1H3,(H2,28,36)(H,31,32)(H,29,30,33)/t13-,14?,15?,16?,20-/m1/s1. The molecule has 9 nitrogen and oxygen atoms in total. The Morgan fingerprint density at radius 3 is 2.67 bits per heavy atom. The van der Waals surface area contributed by atoms with Crippen LogP contribution in [-0.2, 0) is 4.79 Å². The monoisotopic (exact) mass is 515 g/mol. The summed E-state index contributed by atoms with van der Waals surface area (Å²) in [5.41, 5.74) is 6.84. The molecular weight excluding hydrogens is 485 g/mol. The molecule has 1 amide bonds. The van der Waals surface area contributed by atoms with Gasteiger partial charge in [0.1, 0.15) is 11.3 Å². The number of aliphatic hydroxyl groups is 1. The number of amides is 1. The lowest BCUT2D eigenvalue weighted by molar-refractivity contribution is -0.122. The number of hydrogen-bond donors (Lipinski definition) is 4. The van der Waals surface area contributed by atoms with E-state index >= 15 is 0 Å². The number of anilines is 3. The molecule has 3 aromatic rings. The number of carbonyl (C=O) groups is 1. The lowest BCUT2D eigenvalue weighted by Crippen LogP contribution is -2.35. The zero-order valence-corrected chi connectivity index (χ0v) is 20.9. The molecule has 0 spiro atoms. The Morgan fingerprint density at radius 1 is 1.19 bits per heavy atom. The van der Waals surface area contributed by atoms with Gasteiger partial charge in [-0.05, 0) is 63.0 Å². The predicted molar refractivity (Wildman–Crippen MR) is 137 cm³/mol. The number of benzene rings is 1. The number of rotatable bonds is 6. The first-order valence-electron chi connectivity index (χ1n) is 12.5. The third kappa shape index (κ3) is 4.97. The Hall–Kier alpha value is -2.98. The maximum absolute atomic E-state index is 14.6. The van der Waals surface area contributed by atoms with Crippen molar-refractivity contribution in [3.05, 3.63) is 35.2 Å². The molecule has 1 unspecified atom stereocenters. The smallest absolute Gasteiger partial charge is 0.224 e. The number of halogens is 2. The van der Waals surface area contributed by atoms with E-state index in [0.29, 0.717) is 55.2 Å². The highest BCUT2D eigenvalue weighted by molar-refractivity contribution is 6.33. The van der Waals surface area contributed by atoms with Crippen molar-refractivity contribution in [2.75, 3.05) is 10.6 Å². The minimum atomic E-state index is -0.489. The second-order valence-corrected chi connectivity index (χ2v) is 10.4. The first-order valence-corrected chi connectivity index (χ1v) is 12.9. The minimum absolute atomic E-state index is 0.0150. The molecule has 2 aliphatic rings. The molecule has 5 N–H and O–H groups in total. The van der Waals surface area contributed by atoms with Crippen molar-refractivity contribution in [1.82, 2.24) is 19.5 Å². The van der Waals surface area contributed by atoms with Gasteiger partial charge in [-0.2, -0.15) is 4.98 Å². The van der Waals surface area contributed by atoms with Crippen LogP contribution in [0.4, 0.5) is 22.0 Å². The number of primary amides is 1. The fraction of sp³-hybridized carbons (Fsp3) is 0.520. The molecule has 192 valence electrons. The lowest BCUT2D eigenvalue weighted by Gasteiger charge is -2.31. The molecule has 0 aliphatic heterocycles. The second kappa shape index (κ2) is 10.2. The fourth-order valence-corrected chi connectivity index (χ4v) is 5.56. The van der Waals surface area contributed by atoms with Crippen molar-refractivity contribution in [3.63, 3.8) is 0 Å². The van der Waals surface area contributed by atoms with Crippen LogP contribution in [0.5, 0.6) is 0 Å². The van der Waals surface area contributed by atoms with Gasteiger partial charge in [0.25, 0.3) is 0 Å². The summed E-state index contributed by atoms with van der Waals surface area (Å²) in [7, 11) is 0. The van der Waals surface area contributed by atoms with Crippen molar-refractivity contribution >= 4 is 46.3 Å². The van der Waals surface area contributed by atoms with E-state index in [2.05, 4.69) is 27.5 Å². The van der Waals surface area contributed by atoms with Crippen LogP contribution in [0.3, 0.4) is 0 Å². The lowest BCUT2D eigenvalue weighted by atomic mass is 9.85. The number of nitrogens with one attached hydrogen (secondary N) is 2. The maximum Gasteiger partial charge on any atom is 0.224 e. The van der Waals surface area contributed by atoms with Crippen LogP contribution in [0.2, 0.25) is 5.02 Å². The number of nitrogens with zero attached hydrogens (tertiary/aromatic N) is 4. The molecule has 36 heavy (non-hydrogen) atoms. The molecular formula is C25H31ClFN7O2. The molecule has 3 atom stereocenters. The highest BCUT2D eigenvalue weighted by Gasteiger charge is 2.30. The average Bonchev–Trinajstić information content (AvgIpc) is 3.21. The van der Waals surface area contributed by atoms with Crippen LogP contribution >= 0.6 is 11.6 Å². The first kappa shape index (κ1) is 24.7. The minimum Gasteiger partial charge on any atom is -0.393 e. The Kier molecular flexibility index (Phi) is 6.98. The van der Waals surface area contributed by atoms with E-state index < -0.39 is 5.82 Å². The molecule has 2 aliphatic carbocycles. The summed E-state index contributed by atoms with van der Waals surface area (Å²) in [4.78, 5) is 25.6. The van der Waals surface area contributed by atoms with Gasteiger partial charge < -0.3 is 21.5 Å². The number of aromatic nitrogens is 4. The molecule has 0 radical (unpaired) electrons. The van der Waals surface area contributed by atoms with Crippen molar-refractivity contribution in [2.45, 2.75) is 70.1 Å². The van der Waals surface area contributed by atoms with Crippen LogP contribution in [0.25, 0.3) is 11.2 Å². The van der Waals surface area contributed by atoms with E-state index in [1.807, 2.05) is 4.57 Å². The fourth-order valence-electron chi connectivity index (χ4n) is 5.35. The topological polar surface area (TPSA) is 131 Å². The molecule has 2 saturated carbocycles. The van der Waals surface area contributed by atoms with Gasteiger partial charge in [0.2, 0.25) is 17.8 Å². The van der Waals surface area contributed by atoms with Gasteiger partial charge in [-0.1, -0.05) is 24.6 Å². The normalized spacial score (nSPS) is 26.6. The van der Waals surface area contributed by atoms with E-state index in [-0.39, 0.29) is 46.6 Å². The van der Waals surface area contributed by atoms with Gasteiger partial charge in [0, 0.05) is 18.0 Å². The molecule has 2 fully saturated rings. The van der Waals surface area contributed by atoms with E-state index in [0.717, 1.165) is 12.8 Å². The van der Waals surface area contributed by atoms with E-state index in [1.165, 1.54) is 6.07 Å². The van der Waals surface area contributed by atoms with Crippen LogP contribution in [0.1, 0.15) is 57.9 Å². The Balaban J connectivity index is 1.49. The average molecular weight is 516 g/mol. The third-order valence-electron chi connectivity index (χ3n) is 7.58. The summed E-state index contributed by atoms with van der Waals surface area (Å²) < 4.78 is 16.6. The number of hydrogen-bond acceptors (Lipinski definition) is 7. The Morgan fingerprint density at radius 2 is 1.97 bits per heavy atom. The van der Waals surface area contributed by atoms with Gasteiger partial charge in [-0.15, -0.1) is 0 Å². The third-order valence-corrected chi connectivity index (χ3v) is 7.90. The van der Waals surface area contributed by atoms with Gasteiger partial charge in [0.15, 0.2) is 5.65 Å². The summed E-state index contributed by atoms with van der Waals surface area (Å²) >= 11 is 6.28. The summed E-state index contributed by atoms with van der Waals surface area (Å²) in [5.74, 6) is 0.225. The Labute approximate surface area is 213 Å². The highest BCUT2D eigenvalue weighted by Crippen LogP contribution is 2.38. The molecule has 0 saturated heterocycles. The van der Waals surface area contributed by atoms with Crippen LogP contribution < -0.4 is 16.4 Å². The van der Waals surface area contributed by atoms with E-state index in [1.54, 1.807) is 18.3 Å². The van der Waals surface area contributed by atoms with Gasteiger partial charge >= 0.3 is 0 Å². The number of nitrogens with two attached hydrogens (primary N) is 1. The van der Waals surface area contributed by atoms with E-state index in [9.17, 15) is 14.3 Å². The Bertz CT molecular complexity index is 1240. The summed E-state index contributed by atoms with van der Waals surface area (Å²) in [6.07, 6.45) is 6.52. The number of imidazole rings is 1. The number of para-hydroxylation sites is 1. The van der Waals surface area contributed by atoms with Crippen LogP contribution in [0, 0.1) is 17.7 Å².